The highest BCUT2D eigenvalue weighted by Crippen LogP contribution is 2.22. The molecular weight excluding hydrogens is 324 g/mol. The van der Waals surface area contributed by atoms with Crippen LogP contribution in [0.1, 0.15) is 46.1 Å². The van der Waals surface area contributed by atoms with Gasteiger partial charge in [0.15, 0.2) is 0 Å². The minimum atomic E-state index is -0.903. The van der Waals surface area contributed by atoms with E-state index in [9.17, 15) is 19.5 Å². The summed E-state index contributed by atoms with van der Waals surface area (Å²) in [7, 11) is 0. The van der Waals surface area contributed by atoms with Crippen LogP contribution in [0.15, 0.2) is 23.3 Å². The summed E-state index contributed by atoms with van der Waals surface area (Å²) in [4.78, 5) is 34.8. The van der Waals surface area contributed by atoms with Gasteiger partial charge in [0.2, 0.25) is 5.91 Å². The fourth-order valence-electron chi connectivity index (χ4n) is 1.93. The number of anilines is 1. The van der Waals surface area contributed by atoms with Gasteiger partial charge in [0, 0.05) is 23.7 Å². The number of benzene rings is 1. The molecule has 136 valence electrons. The van der Waals surface area contributed by atoms with Gasteiger partial charge in [-0.1, -0.05) is 6.92 Å². The lowest BCUT2D eigenvalue weighted by atomic mass is 10.1. The number of hydrazone groups is 1. The molecule has 0 radical (unpaired) electrons. The third-order valence-corrected chi connectivity index (χ3v) is 3.10. The van der Waals surface area contributed by atoms with Crippen molar-refractivity contribution in [2.24, 2.45) is 5.10 Å². The summed E-state index contributed by atoms with van der Waals surface area (Å²) in [6, 6.07) is 4.36. The Hall–Kier alpha value is -2.90. The average molecular weight is 348 g/mol. The molecule has 25 heavy (non-hydrogen) atoms. The van der Waals surface area contributed by atoms with Crippen molar-refractivity contribution in [1.82, 2.24) is 10.7 Å². The molecule has 0 aromatic heterocycles. The lowest BCUT2D eigenvalue weighted by Crippen LogP contribution is -2.41. The highest BCUT2D eigenvalue weighted by Gasteiger charge is 2.14. The van der Waals surface area contributed by atoms with Crippen LogP contribution in [0.4, 0.5) is 5.69 Å². The van der Waals surface area contributed by atoms with Gasteiger partial charge in [-0.3, -0.25) is 14.4 Å². The highest BCUT2D eigenvalue weighted by molar-refractivity contribution is 6.35. The zero-order valence-corrected chi connectivity index (χ0v) is 14.8. The molecule has 1 aromatic carbocycles. The first-order valence-corrected chi connectivity index (χ1v) is 8.03. The largest absolute Gasteiger partial charge is 0.507 e. The molecule has 0 spiro atoms. The fraction of sp³-hybridized carbons (Fsp3) is 0.412. The molecule has 8 nitrogen and oxygen atoms in total. The van der Waals surface area contributed by atoms with Crippen molar-refractivity contribution in [2.75, 3.05) is 5.32 Å². The van der Waals surface area contributed by atoms with E-state index in [1.54, 1.807) is 32.9 Å². The van der Waals surface area contributed by atoms with Crippen LogP contribution >= 0.6 is 0 Å². The normalized spacial score (nSPS) is 11.2. The SMILES string of the molecule is CCCC(=O)Nc1ccc(O)c(/C(C)=N/NC(=O)C(=O)NC(C)C)c1. The quantitative estimate of drug-likeness (QED) is 0.269. The first kappa shape index (κ1) is 20.1. The molecule has 0 saturated heterocycles. The van der Waals surface area contributed by atoms with Gasteiger partial charge in [-0.05, 0) is 45.4 Å². The van der Waals surface area contributed by atoms with E-state index in [2.05, 4.69) is 21.2 Å². The van der Waals surface area contributed by atoms with Crippen LogP contribution in [-0.2, 0) is 14.4 Å². The Bertz CT molecular complexity index is 683. The standard InChI is InChI=1S/C17H24N4O4/c1-5-6-15(23)19-12-7-8-14(22)13(9-12)11(4)20-21-17(25)16(24)18-10(2)3/h7-10,22H,5-6H2,1-4H3,(H,18,24)(H,19,23)(H,21,25)/b20-11+. The number of carbonyl (C=O) groups excluding carboxylic acids is 3. The molecule has 1 aromatic rings. The van der Waals surface area contributed by atoms with E-state index in [0.29, 0.717) is 17.7 Å². The molecule has 0 saturated carbocycles. The van der Waals surface area contributed by atoms with Crippen molar-refractivity contribution in [2.45, 2.75) is 46.6 Å². The smallest absolute Gasteiger partial charge is 0.329 e. The lowest BCUT2D eigenvalue weighted by molar-refractivity contribution is -0.139. The topological polar surface area (TPSA) is 120 Å². The van der Waals surface area contributed by atoms with E-state index in [1.807, 2.05) is 6.92 Å². The molecule has 0 fully saturated rings. The second-order valence-corrected chi connectivity index (χ2v) is 5.80. The predicted molar refractivity (Wildman–Crippen MR) is 95.3 cm³/mol. The molecule has 0 heterocycles. The number of carbonyl (C=O) groups is 3. The van der Waals surface area contributed by atoms with Crippen molar-refractivity contribution in [3.63, 3.8) is 0 Å². The molecule has 0 aliphatic carbocycles. The van der Waals surface area contributed by atoms with Crippen molar-refractivity contribution in [3.8, 4) is 5.75 Å². The Morgan fingerprint density at radius 3 is 2.48 bits per heavy atom. The lowest BCUT2D eigenvalue weighted by Gasteiger charge is -2.10. The summed E-state index contributed by atoms with van der Waals surface area (Å²) >= 11 is 0. The first-order chi connectivity index (χ1) is 11.7. The van der Waals surface area contributed by atoms with E-state index in [-0.39, 0.29) is 23.4 Å². The summed E-state index contributed by atoms with van der Waals surface area (Å²) in [5, 5.41) is 18.9. The Morgan fingerprint density at radius 2 is 1.88 bits per heavy atom. The minimum absolute atomic E-state index is 0.0596. The Morgan fingerprint density at radius 1 is 1.20 bits per heavy atom. The number of hydrogen-bond acceptors (Lipinski definition) is 5. The van der Waals surface area contributed by atoms with E-state index < -0.39 is 11.8 Å². The monoisotopic (exact) mass is 348 g/mol. The van der Waals surface area contributed by atoms with Gasteiger partial charge in [0.25, 0.3) is 0 Å². The van der Waals surface area contributed by atoms with Gasteiger partial charge in [-0.15, -0.1) is 0 Å². The molecule has 0 bridgehead atoms. The molecule has 4 N–H and O–H groups in total. The maximum Gasteiger partial charge on any atom is 0.329 e. The average Bonchev–Trinajstić information content (AvgIpc) is 2.53. The van der Waals surface area contributed by atoms with Crippen LogP contribution < -0.4 is 16.1 Å². The van der Waals surface area contributed by atoms with Crippen LogP contribution in [-0.4, -0.2) is 34.6 Å². The number of aromatic hydroxyl groups is 1. The first-order valence-electron chi connectivity index (χ1n) is 8.03. The van der Waals surface area contributed by atoms with Crippen LogP contribution in [0, 0.1) is 0 Å². The summed E-state index contributed by atoms with van der Waals surface area (Å²) < 4.78 is 0. The summed E-state index contributed by atoms with van der Waals surface area (Å²) in [5.41, 5.74) is 3.26. The molecular formula is C17H24N4O4. The molecule has 1 rings (SSSR count). The number of nitrogens with zero attached hydrogens (tertiary/aromatic N) is 1. The van der Waals surface area contributed by atoms with Crippen molar-refractivity contribution in [3.05, 3.63) is 23.8 Å². The summed E-state index contributed by atoms with van der Waals surface area (Å²) in [5.74, 6) is -1.89. The zero-order chi connectivity index (χ0) is 19.0. The number of hydrogen-bond donors (Lipinski definition) is 4. The molecule has 0 aliphatic heterocycles. The van der Waals surface area contributed by atoms with Crippen LogP contribution in [0.3, 0.4) is 0 Å². The number of amides is 3. The van der Waals surface area contributed by atoms with Gasteiger partial charge in [0.05, 0.1) is 5.71 Å². The van der Waals surface area contributed by atoms with Crippen molar-refractivity contribution in [1.29, 1.82) is 0 Å². The Labute approximate surface area is 146 Å². The van der Waals surface area contributed by atoms with Crippen LogP contribution in [0.25, 0.3) is 0 Å². The van der Waals surface area contributed by atoms with Gasteiger partial charge < -0.3 is 15.7 Å². The third kappa shape index (κ3) is 6.62. The highest BCUT2D eigenvalue weighted by atomic mass is 16.3. The van der Waals surface area contributed by atoms with Crippen LogP contribution in [0.5, 0.6) is 5.75 Å². The predicted octanol–water partition coefficient (Wildman–Crippen LogP) is 1.50. The number of nitrogens with one attached hydrogen (secondary N) is 3. The van der Waals surface area contributed by atoms with Gasteiger partial charge in [-0.25, -0.2) is 5.43 Å². The molecule has 3 amide bonds. The Kier molecular flexibility index (Phi) is 7.58. The van der Waals surface area contributed by atoms with Crippen molar-refractivity contribution < 1.29 is 19.5 Å². The van der Waals surface area contributed by atoms with E-state index in [1.165, 1.54) is 6.07 Å². The second kappa shape index (κ2) is 9.41. The van der Waals surface area contributed by atoms with E-state index in [0.717, 1.165) is 6.42 Å². The summed E-state index contributed by atoms with van der Waals surface area (Å²) in [6.07, 6.45) is 1.12. The van der Waals surface area contributed by atoms with Gasteiger partial charge in [-0.2, -0.15) is 5.10 Å². The maximum absolute atomic E-state index is 11.7. The van der Waals surface area contributed by atoms with Gasteiger partial charge >= 0.3 is 11.8 Å². The number of phenolic OH excluding ortho intramolecular Hbond substituents is 1. The second-order valence-electron chi connectivity index (χ2n) is 5.80. The minimum Gasteiger partial charge on any atom is -0.507 e. The number of phenols is 1. The third-order valence-electron chi connectivity index (χ3n) is 3.10. The number of rotatable bonds is 6. The van der Waals surface area contributed by atoms with Crippen LogP contribution in [0.2, 0.25) is 0 Å². The zero-order valence-electron chi connectivity index (χ0n) is 14.8. The Balaban J connectivity index is 2.86. The van der Waals surface area contributed by atoms with Gasteiger partial charge in [0.1, 0.15) is 5.75 Å². The molecule has 0 aliphatic rings. The molecule has 0 unspecified atom stereocenters. The molecule has 0 atom stereocenters. The van der Waals surface area contributed by atoms with E-state index >= 15 is 0 Å². The summed E-state index contributed by atoms with van der Waals surface area (Å²) in [6.45, 7) is 6.93. The fourth-order valence-corrected chi connectivity index (χ4v) is 1.93. The van der Waals surface area contributed by atoms with Crippen molar-refractivity contribution >= 4 is 29.1 Å². The van der Waals surface area contributed by atoms with E-state index in [4.69, 9.17) is 0 Å². The molecule has 8 heteroatoms. The maximum atomic E-state index is 11.7.